The minimum absolute atomic E-state index is 0.157. The number of sulfonamides is 1. The van der Waals surface area contributed by atoms with E-state index in [1.165, 1.54) is 10.5 Å². The Morgan fingerprint density at radius 1 is 1.30 bits per heavy atom. The second-order valence-corrected chi connectivity index (χ2v) is 7.95. The second kappa shape index (κ2) is 5.51. The summed E-state index contributed by atoms with van der Waals surface area (Å²) in [5, 5.41) is 10.00. The first-order valence-electron chi connectivity index (χ1n) is 6.02. The van der Waals surface area contributed by atoms with Gasteiger partial charge in [-0.2, -0.15) is 4.31 Å². The molecule has 1 atom stereocenters. The first-order valence-corrected chi connectivity index (χ1v) is 8.27. The molecule has 0 amide bonds. The fraction of sp³-hybridized carbons (Fsp3) is 0.308. The Labute approximate surface area is 122 Å². The van der Waals surface area contributed by atoms with Crippen molar-refractivity contribution in [3.63, 3.8) is 0 Å². The molecular formula is C13H16N2O3S2. The molecule has 1 aromatic heterocycles. The number of phenolic OH excluding ortho intramolecular Hbond substituents is 1. The van der Waals surface area contributed by atoms with E-state index in [2.05, 4.69) is 4.98 Å². The van der Waals surface area contributed by atoms with E-state index in [9.17, 15) is 13.5 Å². The van der Waals surface area contributed by atoms with Gasteiger partial charge in [0.1, 0.15) is 5.75 Å². The van der Waals surface area contributed by atoms with Crippen molar-refractivity contribution in [1.82, 2.24) is 9.29 Å². The van der Waals surface area contributed by atoms with Gasteiger partial charge in [0.05, 0.1) is 11.2 Å². The van der Waals surface area contributed by atoms with Crippen molar-refractivity contribution in [2.75, 3.05) is 7.05 Å². The highest BCUT2D eigenvalue weighted by atomic mass is 32.2. The van der Waals surface area contributed by atoms with E-state index in [1.54, 1.807) is 45.2 Å². The van der Waals surface area contributed by atoms with Gasteiger partial charge in [-0.3, -0.25) is 0 Å². The quantitative estimate of drug-likeness (QED) is 0.942. The number of phenols is 1. The topological polar surface area (TPSA) is 70.5 Å². The Balaban J connectivity index is 2.30. The number of aromatic hydroxyl groups is 1. The number of nitrogens with zero attached hydrogens (tertiary/aromatic N) is 2. The van der Waals surface area contributed by atoms with Crippen LogP contribution in [0.5, 0.6) is 5.75 Å². The van der Waals surface area contributed by atoms with Crippen LogP contribution in [0.1, 0.15) is 23.5 Å². The zero-order valence-corrected chi connectivity index (χ0v) is 13.1. The van der Waals surface area contributed by atoms with Crippen LogP contribution >= 0.6 is 11.3 Å². The van der Waals surface area contributed by atoms with E-state index in [-0.39, 0.29) is 16.0 Å². The molecule has 0 radical (unpaired) electrons. The molecule has 0 spiro atoms. The van der Waals surface area contributed by atoms with Gasteiger partial charge in [-0.25, -0.2) is 13.4 Å². The summed E-state index contributed by atoms with van der Waals surface area (Å²) in [7, 11) is -2.01. The Bertz CT molecular complexity index is 693. The van der Waals surface area contributed by atoms with Crippen molar-refractivity contribution in [3.05, 3.63) is 41.0 Å². The molecule has 0 saturated carbocycles. The van der Waals surface area contributed by atoms with Gasteiger partial charge < -0.3 is 5.11 Å². The highest BCUT2D eigenvalue weighted by molar-refractivity contribution is 7.91. The molecule has 2 rings (SSSR count). The number of aromatic nitrogens is 1. The van der Waals surface area contributed by atoms with E-state index in [4.69, 9.17) is 0 Å². The van der Waals surface area contributed by atoms with Crippen LogP contribution in [-0.4, -0.2) is 29.9 Å². The molecule has 108 valence electrons. The second-order valence-electron chi connectivity index (χ2n) is 4.49. The largest absolute Gasteiger partial charge is 0.508 e. The molecule has 20 heavy (non-hydrogen) atoms. The molecule has 0 bridgehead atoms. The van der Waals surface area contributed by atoms with Crippen LogP contribution in [0.15, 0.2) is 34.7 Å². The van der Waals surface area contributed by atoms with E-state index in [0.29, 0.717) is 5.01 Å². The van der Waals surface area contributed by atoms with Crippen molar-refractivity contribution >= 4 is 21.4 Å². The van der Waals surface area contributed by atoms with Gasteiger partial charge in [0.2, 0.25) is 0 Å². The molecule has 0 fully saturated rings. The summed E-state index contributed by atoms with van der Waals surface area (Å²) in [6, 6.07) is 6.18. The molecule has 2 aromatic rings. The summed E-state index contributed by atoms with van der Waals surface area (Å²) in [4.78, 5) is 3.99. The zero-order chi connectivity index (χ0) is 14.9. The minimum atomic E-state index is -3.55. The van der Waals surface area contributed by atoms with Crippen molar-refractivity contribution < 1.29 is 13.5 Å². The first kappa shape index (κ1) is 15.0. The van der Waals surface area contributed by atoms with Crippen LogP contribution in [0.2, 0.25) is 0 Å². The van der Waals surface area contributed by atoms with Crippen LogP contribution in [0.3, 0.4) is 0 Å². The SMILES string of the molecule is Cc1ncc(S(=O)(=O)N(C)C(C)c2ccc(O)cc2)s1. The molecule has 1 unspecified atom stereocenters. The Hall–Kier alpha value is -1.44. The van der Waals surface area contributed by atoms with E-state index in [1.807, 2.05) is 0 Å². The molecule has 1 N–H and O–H groups in total. The number of hydrogen-bond acceptors (Lipinski definition) is 5. The fourth-order valence-electron chi connectivity index (χ4n) is 1.77. The predicted octanol–water partition coefficient (Wildman–Crippen LogP) is 2.54. The highest BCUT2D eigenvalue weighted by Crippen LogP contribution is 2.29. The molecule has 5 nitrogen and oxygen atoms in total. The van der Waals surface area contributed by atoms with Gasteiger partial charge in [-0.1, -0.05) is 12.1 Å². The average Bonchev–Trinajstić information content (AvgIpc) is 2.85. The molecule has 0 aliphatic rings. The van der Waals surface area contributed by atoms with Crippen LogP contribution in [-0.2, 0) is 10.0 Å². The lowest BCUT2D eigenvalue weighted by atomic mass is 10.1. The van der Waals surface area contributed by atoms with E-state index in [0.717, 1.165) is 16.9 Å². The minimum Gasteiger partial charge on any atom is -0.508 e. The molecule has 1 aromatic carbocycles. The molecule has 0 aliphatic heterocycles. The molecule has 7 heteroatoms. The van der Waals surface area contributed by atoms with Crippen LogP contribution in [0.4, 0.5) is 0 Å². The normalized spacial score (nSPS) is 13.6. The predicted molar refractivity (Wildman–Crippen MR) is 78.3 cm³/mol. The van der Waals surface area contributed by atoms with E-state index >= 15 is 0 Å². The lowest BCUT2D eigenvalue weighted by Gasteiger charge is -2.23. The highest BCUT2D eigenvalue weighted by Gasteiger charge is 2.28. The molecule has 1 heterocycles. The molecular weight excluding hydrogens is 296 g/mol. The molecule has 0 saturated heterocycles. The summed E-state index contributed by atoms with van der Waals surface area (Å²) in [5.41, 5.74) is 0.815. The van der Waals surface area contributed by atoms with Crippen molar-refractivity contribution in [2.24, 2.45) is 0 Å². The maximum absolute atomic E-state index is 12.5. The lowest BCUT2D eigenvalue weighted by molar-refractivity contribution is 0.399. The van der Waals surface area contributed by atoms with Gasteiger partial charge >= 0.3 is 0 Å². The smallest absolute Gasteiger partial charge is 0.254 e. The Morgan fingerprint density at radius 3 is 2.40 bits per heavy atom. The Kier molecular flexibility index (Phi) is 4.12. The summed E-state index contributed by atoms with van der Waals surface area (Å²) in [6.45, 7) is 3.57. The third-order valence-electron chi connectivity index (χ3n) is 3.15. The van der Waals surface area contributed by atoms with Crippen LogP contribution in [0, 0.1) is 6.92 Å². The van der Waals surface area contributed by atoms with Crippen LogP contribution < -0.4 is 0 Å². The monoisotopic (exact) mass is 312 g/mol. The number of benzene rings is 1. The van der Waals surface area contributed by atoms with E-state index < -0.39 is 10.0 Å². The van der Waals surface area contributed by atoms with Gasteiger partial charge in [0.15, 0.2) is 4.21 Å². The summed E-state index contributed by atoms with van der Waals surface area (Å²) in [5.74, 6) is 0.157. The third kappa shape index (κ3) is 2.84. The zero-order valence-electron chi connectivity index (χ0n) is 11.4. The van der Waals surface area contributed by atoms with Gasteiger partial charge in [-0.15, -0.1) is 11.3 Å². The maximum atomic E-state index is 12.5. The van der Waals surface area contributed by atoms with Crippen molar-refractivity contribution in [3.8, 4) is 5.75 Å². The van der Waals surface area contributed by atoms with Gasteiger partial charge in [0, 0.05) is 13.1 Å². The third-order valence-corrected chi connectivity index (χ3v) is 6.43. The number of hydrogen-bond donors (Lipinski definition) is 1. The number of rotatable bonds is 4. The Morgan fingerprint density at radius 2 is 1.90 bits per heavy atom. The number of aryl methyl sites for hydroxylation is 1. The first-order chi connectivity index (χ1) is 9.32. The van der Waals surface area contributed by atoms with Crippen LogP contribution in [0.25, 0.3) is 0 Å². The fourth-order valence-corrected chi connectivity index (χ4v) is 4.42. The average molecular weight is 312 g/mol. The lowest BCUT2D eigenvalue weighted by Crippen LogP contribution is -2.29. The maximum Gasteiger partial charge on any atom is 0.254 e. The van der Waals surface area contributed by atoms with Gasteiger partial charge in [0.25, 0.3) is 10.0 Å². The van der Waals surface area contributed by atoms with Gasteiger partial charge in [-0.05, 0) is 31.5 Å². The van der Waals surface area contributed by atoms with Crippen molar-refractivity contribution in [2.45, 2.75) is 24.1 Å². The number of thiazole rings is 1. The standard InChI is InChI=1S/C13H16N2O3S2/c1-9(11-4-6-12(16)7-5-11)15(3)20(17,18)13-8-14-10(2)19-13/h4-9,16H,1-3H3. The van der Waals surface area contributed by atoms with Crippen molar-refractivity contribution in [1.29, 1.82) is 0 Å². The summed E-state index contributed by atoms with van der Waals surface area (Å²) < 4.78 is 26.5. The summed E-state index contributed by atoms with van der Waals surface area (Å²) in [6.07, 6.45) is 1.38. The summed E-state index contributed by atoms with van der Waals surface area (Å²) >= 11 is 1.16. The molecule has 0 aliphatic carbocycles.